The molecule has 0 aromatic heterocycles. The molecule has 0 nitrogen and oxygen atoms in total. The van der Waals surface area contributed by atoms with Gasteiger partial charge < -0.3 is 0 Å². The van der Waals surface area contributed by atoms with Gasteiger partial charge in [-0.05, 0) is 88.2 Å². The van der Waals surface area contributed by atoms with Crippen LogP contribution in [-0.4, -0.2) is 0 Å². The van der Waals surface area contributed by atoms with Crippen LogP contribution in [0.4, 0.5) is 0 Å². The Morgan fingerprint density at radius 1 is 0.700 bits per heavy atom. The van der Waals surface area contributed by atoms with Crippen LogP contribution in [0.25, 0.3) is 0 Å². The molecular formula is C40H57-. The highest BCUT2D eigenvalue weighted by atomic mass is 14.3. The summed E-state index contributed by atoms with van der Waals surface area (Å²) >= 11 is 0. The normalized spacial score (nSPS) is 22.2. The van der Waals surface area contributed by atoms with E-state index in [1.54, 1.807) is 11.1 Å². The highest BCUT2D eigenvalue weighted by Gasteiger charge is 2.27. The summed E-state index contributed by atoms with van der Waals surface area (Å²) in [7, 11) is 0. The number of hydrogen-bond donors (Lipinski definition) is 0. The third kappa shape index (κ3) is 11.4. The SMILES string of the molecule is CC1=C(/C=C/C(C)=C/C=C/C(C)=C/[CH-]/C=C/C(C)/C=C/C=C(C)/C=C/C2=C(C)CCCC2(C)C)C(C)(C)CCC1. The van der Waals surface area contributed by atoms with Gasteiger partial charge in [0.25, 0.3) is 0 Å². The standard InChI is InChI=1S/C40H57/c1-31(19-13-21-33(3)25-27-37-35(5)23-15-29-39(37,7)8)17-11-12-18-32(2)20-14-22-34(4)26-28-38-36(6)24-16-30-40(38,9)10/h11-14,17-22,25-28,31H,15-16,23-24,29-30H2,1-10H3/q-1/b17-11+,19-13+,20-14+,27-25+,28-26+,32-18+,33-21+,34-22+. The summed E-state index contributed by atoms with van der Waals surface area (Å²) in [5.41, 5.74) is 10.5. The van der Waals surface area contributed by atoms with Crippen LogP contribution in [0.2, 0.25) is 0 Å². The van der Waals surface area contributed by atoms with Gasteiger partial charge in [0.2, 0.25) is 0 Å². The van der Waals surface area contributed by atoms with Crippen molar-refractivity contribution in [3.8, 4) is 0 Å². The van der Waals surface area contributed by atoms with Crippen LogP contribution < -0.4 is 0 Å². The summed E-state index contributed by atoms with van der Waals surface area (Å²) in [6, 6.07) is 0. The molecule has 0 radical (unpaired) electrons. The molecule has 2 rings (SSSR count). The van der Waals surface area contributed by atoms with Crippen molar-refractivity contribution >= 4 is 0 Å². The van der Waals surface area contributed by atoms with Gasteiger partial charge in [-0.25, -0.2) is 0 Å². The van der Waals surface area contributed by atoms with E-state index in [2.05, 4.69) is 155 Å². The Labute approximate surface area is 248 Å². The van der Waals surface area contributed by atoms with Crippen molar-refractivity contribution in [2.24, 2.45) is 16.7 Å². The molecule has 0 saturated heterocycles. The number of allylic oxidation sites excluding steroid dienone is 20. The van der Waals surface area contributed by atoms with E-state index in [4.69, 9.17) is 0 Å². The van der Waals surface area contributed by atoms with Crippen LogP contribution in [-0.2, 0) is 0 Å². The van der Waals surface area contributed by atoms with E-state index < -0.39 is 0 Å². The fourth-order valence-electron chi connectivity index (χ4n) is 5.86. The summed E-state index contributed by atoms with van der Waals surface area (Å²) in [4.78, 5) is 0. The number of hydrogen-bond acceptors (Lipinski definition) is 0. The van der Waals surface area contributed by atoms with Crippen LogP contribution in [0.1, 0.15) is 108 Å². The van der Waals surface area contributed by atoms with Gasteiger partial charge in [-0.2, -0.15) is 24.6 Å². The highest BCUT2D eigenvalue weighted by molar-refractivity contribution is 5.38. The molecule has 0 bridgehead atoms. The monoisotopic (exact) mass is 537 g/mol. The third-order valence-corrected chi connectivity index (χ3v) is 8.49. The molecule has 218 valence electrons. The molecule has 0 saturated carbocycles. The van der Waals surface area contributed by atoms with Crippen LogP contribution in [0.3, 0.4) is 0 Å². The van der Waals surface area contributed by atoms with Gasteiger partial charge in [0.1, 0.15) is 0 Å². The van der Waals surface area contributed by atoms with E-state index in [1.165, 1.54) is 66.4 Å². The minimum atomic E-state index is 0.293. The van der Waals surface area contributed by atoms with Crippen molar-refractivity contribution in [3.05, 3.63) is 124 Å². The molecule has 0 fully saturated rings. The zero-order valence-electron chi connectivity index (χ0n) is 27.4. The summed E-state index contributed by atoms with van der Waals surface area (Å²) in [6.07, 6.45) is 38.7. The van der Waals surface area contributed by atoms with Crippen molar-refractivity contribution in [1.29, 1.82) is 0 Å². The maximum Gasteiger partial charge on any atom is -0.0104 e. The molecule has 1 unspecified atom stereocenters. The molecule has 0 aromatic rings. The molecule has 2 aliphatic rings. The van der Waals surface area contributed by atoms with Crippen molar-refractivity contribution in [2.45, 2.75) is 108 Å². The Kier molecular flexibility index (Phi) is 13.3. The van der Waals surface area contributed by atoms with Crippen LogP contribution in [0.15, 0.2) is 118 Å². The predicted octanol–water partition coefficient (Wildman–Crippen LogP) is 12.5. The van der Waals surface area contributed by atoms with Gasteiger partial charge in [0.05, 0.1) is 0 Å². The lowest BCUT2D eigenvalue weighted by molar-refractivity contribution is 0.376. The Morgan fingerprint density at radius 3 is 1.70 bits per heavy atom. The van der Waals surface area contributed by atoms with Crippen molar-refractivity contribution in [1.82, 2.24) is 0 Å². The van der Waals surface area contributed by atoms with E-state index >= 15 is 0 Å². The molecule has 0 spiro atoms. The molecular weight excluding hydrogens is 480 g/mol. The second-order valence-electron chi connectivity index (χ2n) is 13.4. The molecule has 0 aliphatic heterocycles. The molecule has 0 amide bonds. The zero-order chi connectivity index (χ0) is 29.8. The van der Waals surface area contributed by atoms with E-state index in [1.807, 2.05) is 0 Å². The Bertz CT molecular complexity index is 1150. The van der Waals surface area contributed by atoms with Crippen molar-refractivity contribution < 1.29 is 0 Å². The van der Waals surface area contributed by atoms with Gasteiger partial charge in [0, 0.05) is 0 Å². The van der Waals surface area contributed by atoms with E-state index in [-0.39, 0.29) is 0 Å². The summed E-state index contributed by atoms with van der Waals surface area (Å²) < 4.78 is 0. The molecule has 0 heterocycles. The number of rotatable bonds is 11. The molecule has 2 aliphatic carbocycles. The molecule has 0 N–H and O–H groups in total. The molecule has 1 atom stereocenters. The van der Waals surface area contributed by atoms with Gasteiger partial charge in [-0.15, -0.1) is 11.6 Å². The summed E-state index contributed by atoms with van der Waals surface area (Å²) in [6.45, 7) is 22.8. The first kappa shape index (κ1) is 33.5. The maximum absolute atomic E-state index is 2.38. The van der Waals surface area contributed by atoms with E-state index in [0.717, 1.165) is 0 Å². The third-order valence-electron chi connectivity index (χ3n) is 8.49. The quantitative estimate of drug-likeness (QED) is 0.182. The van der Waals surface area contributed by atoms with Gasteiger partial charge in [-0.3, -0.25) is 0 Å². The molecule has 0 heteroatoms. The smallest absolute Gasteiger partial charge is 0.0104 e. The average Bonchev–Trinajstić information content (AvgIpc) is 2.85. The molecule has 40 heavy (non-hydrogen) atoms. The first-order valence-electron chi connectivity index (χ1n) is 15.5. The van der Waals surface area contributed by atoms with Crippen molar-refractivity contribution in [2.75, 3.05) is 0 Å². The summed E-state index contributed by atoms with van der Waals surface area (Å²) in [5.74, 6) is 0.390. The first-order valence-corrected chi connectivity index (χ1v) is 15.5. The lowest BCUT2D eigenvalue weighted by atomic mass is 9.72. The largest absolute Gasteiger partial charge is 0.175 e. The first-order chi connectivity index (χ1) is 18.8. The molecule has 0 aromatic carbocycles. The Morgan fingerprint density at radius 2 is 1.20 bits per heavy atom. The van der Waals surface area contributed by atoms with Gasteiger partial charge >= 0.3 is 0 Å². The lowest BCUT2D eigenvalue weighted by Crippen LogP contribution is -2.19. The van der Waals surface area contributed by atoms with Gasteiger partial charge in [-0.1, -0.05) is 124 Å². The minimum Gasteiger partial charge on any atom is -0.175 e. The highest BCUT2D eigenvalue weighted by Crippen LogP contribution is 2.41. The fraction of sp³-hybridized carbons (Fsp3) is 0.475. The van der Waals surface area contributed by atoms with Crippen LogP contribution in [0.5, 0.6) is 0 Å². The maximum atomic E-state index is 2.38. The van der Waals surface area contributed by atoms with E-state index in [0.29, 0.717) is 16.7 Å². The van der Waals surface area contributed by atoms with Gasteiger partial charge in [0.15, 0.2) is 0 Å². The topological polar surface area (TPSA) is 0 Å². The zero-order valence-corrected chi connectivity index (χ0v) is 27.4. The minimum absolute atomic E-state index is 0.293. The fourth-order valence-corrected chi connectivity index (χ4v) is 5.86. The second-order valence-corrected chi connectivity index (χ2v) is 13.4. The Balaban J connectivity index is 1.82. The summed E-state index contributed by atoms with van der Waals surface area (Å²) in [5, 5.41) is 0. The Hall–Kier alpha value is -2.73. The van der Waals surface area contributed by atoms with Crippen LogP contribution >= 0.6 is 0 Å². The lowest BCUT2D eigenvalue weighted by Gasteiger charge is -2.33. The predicted molar refractivity (Wildman–Crippen MR) is 181 cm³/mol. The second kappa shape index (κ2) is 15.9. The van der Waals surface area contributed by atoms with E-state index in [9.17, 15) is 0 Å². The van der Waals surface area contributed by atoms with Crippen molar-refractivity contribution in [3.63, 3.8) is 0 Å². The average molecular weight is 538 g/mol. The van der Waals surface area contributed by atoms with Crippen LogP contribution in [0, 0.1) is 23.2 Å².